The first kappa shape index (κ1) is 16.9. The third-order valence-corrected chi connectivity index (χ3v) is 5.68. The highest BCUT2D eigenvalue weighted by Gasteiger charge is 2.44. The third kappa shape index (κ3) is 3.30. The van der Waals surface area contributed by atoms with E-state index in [4.69, 9.17) is 21.1 Å². The lowest BCUT2D eigenvalue weighted by atomic mass is 9.76. The molecule has 0 aromatic heterocycles. The van der Waals surface area contributed by atoms with Gasteiger partial charge in [0, 0.05) is 35.2 Å². The standard InChI is InChI=1S/C18H26ClNO3/c1-22-15-10-14(19)9-13(17(15)23-2)11-20-8-4-7-18(12-20)6-3-5-16(18)21/h9-10,16,21H,3-8,11-12H2,1-2H3/t16-,18+/m1/s1. The lowest BCUT2D eigenvalue weighted by Crippen LogP contribution is -2.46. The number of aliphatic hydroxyl groups is 1. The Labute approximate surface area is 143 Å². The Bertz CT molecular complexity index is 565. The summed E-state index contributed by atoms with van der Waals surface area (Å²) in [6, 6.07) is 3.73. The molecule has 1 spiro atoms. The summed E-state index contributed by atoms with van der Waals surface area (Å²) in [5.74, 6) is 1.42. The molecule has 1 heterocycles. The lowest BCUT2D eigenvalue weighted by Gasteiger charge is -2.42. The predicted molar refractivity (Wildman–Crippen MR) is 91.4 cm³/mol. The normalized spacial score (nSPS) is 28.3. The van der Waals surface area contributed by atoms with Crippen molar-refractivity contribution >= 4 is 11.6 Å². The number of likely N-dealkylation sites (tertiary alicyclic amines) is 1. The van der Waals surface area contributed by atoms with E-state index in [1.54, 1.807) is 20.3 Å². The van der Waals surface area contributed by atoms with Crippen molar-refractivity contribution in [3.63, 3.8) is 0 Å². The second-order valence-corrected chi connectivity index (χ2v) is 7.32. The van der Waals surface area contributed by atoms with Crippen molar-refractivity contribution < 1.29 is 14.6 Å². The van der Waals surface area contributed by atoms with Crippen LogP contribution in [0.25, 0.3) is 0 Å². The molecule has 0 amide bonds. The van der Waals surface area contributed by atoms with Gasteiger partial charge in [-0.2, -0.15) is 0 Å². The molecule has 1 saturated carbocycles. The fraction of sp³-hybridized carbons (Fsp3) is 0.667. The Hall–Kier alpha value is -0.970. The van der Waals surface area contributed by atoms with E-state index in [0.717, 1.165) is 63.1 Å². The van der Waals surface area contributed by atoms with Gasteiger partial charge in [0.05, 0.1) is 20.3 Å². The predicted octanol–water partition coefficient (Wildman–Crippen LogP) is 3.48. The Morgan fingerprint density at radius 1 is 1.26 bits per heavy atom. The summed E-state index contributed by atoms with van der Waals surface area (Å²) in [7, 11) is 3.29. The van der Waals surface area contributed by atoms with Gasteiger partial charge in [-0.05, 0) is 38.3 Å². The molecule has 0 bridgehead atoms. The van der Waals surface area contributed by atoms with E-state index >= 15 is 0 Å². The van der Waals surface area contributed by atoms with Crippen molar-refractivity contribution in [1.82, 2.24) is 4.90 Å². The van der Waals surface area contributed by atoms with Crippen LogP contribution in [0.1, 0.15) is 37.7 Å². The molecule has 0 radical (unpaired) electrons. The number of hydrogen-bond donors (Lipinski definition) is 1. The second kappa shape index (κ2) is 6.88. The van der Waals surface area contributed by atoms with Gasteiger partial charge in [-0.15, -0.1) is 0 Å². The van der Waals surface area contributed by atoms with Gasteiger partial charge in [0.1, 0.15) is 0 Å². The fourth-order valence-corrected chi connectivity index (χ4v) is 4.58. The summed E-state index contributed by atoms with van der Waals surface area (Å²) in [5.41, 5.74) is 1.13. The minimum atomic E-state index is -0.152. The van der Waals surface area contributed by atoms with Crippen LogP contribution in [0, 0.1) is 5.41 Å². The van der Waals surface area contributed by atoms with Gasteiger partial charge >= 0.3 is 0 Å². The molecule has 1 saturated heterocycles. The highest BCUT2D eigenvalue weighted by Crippen LogP contribution is 2.45. The number of piperidine rings is 1. The molecule has 1 aliphatic carbocycles. The molecule has 2 aliphatic rings. The Balaban J connectivity index is 1.80. The molecule has 1 aliphatic heterocycles. The van der Waals surface area contributed by atoms with Gasteiger partial charge in [0.15, 0.2) is 11.5 Å². The van der Waals surface area contributed by atoms with Crippen molar-refractivity contribution in [3.8, 4) is 11.5 Å². The SMILES string of the molecule is COc1cc(Cl)cc(CN2CCC[C@@]3(CCC[C@H]3O)C2)c1OC. The lowest BCUT2D eigenvalue weighted by molar-refractivity contribution is -0.0121. The molecule has 0 unspecified atom stereocenters. The van der Waals surface area contributed by atoms with E-state index in [1.165, 1.54) is 0 Å². The number of halogens is 1. The van der Waals surface area contributed by atoms with Crippen molar-refractivity contribution in [1.29, 1.82) is 0 Å². The molecule has 23 heavy (non-hydrogen) atoms. The molecule has 1 N–H and O–H groups in total. The Morgan fingerprint density at radius 3 is 2.70 bits per heavy atom. The van der Waals surface area contributed by atoms with Crippen LogP contribution in [0.5, 0.6) is 11.5 Å². The summed E-state index contributed by atoms with van der Waals surface area (Å²) in [5, 5.41) is 11.1. The average molecular weight is 340 g/mol. The minimum absolute atomic E-state index is 0.0914. The second-order valence-electron chi connectivity index (χ2n) is 6.89. The maximum Gasteiger partial charge on any atom is 0.165 e. The van der Waals surface area contributed by atoms with Crippen LogP contribution >= 0.6 is 11.6 Å². The number of hydrogen-bond acceptors (Lipinski definition) is 4. The van der Waals surface area contributed by atoms with E-state index in [2.05, 4.69) is 4.90 Å². The third-order valence-electron chi connectivity index (χ3n) is 5.46. The minimum Gasteiger partial charge on any atom is -0.493 e. The summed E-state index contributed by atoms with van der Waals surface area (Å²) in [4.78, 5) is 2.42. The molecular weight excluding hydrogens is 314 g/mol. The number of benzene rings is 1. The van der Waals surface area contributed by atoms with Gasteiger partial charge in [0.2, 0.25) is 0 Å². The molecule has 2 fully saturated rings. The maximum absolute atomic E-state index is 10.4. The number of nitrogens with zero attached hydrogens (tertiary/aromatic N) is 1. The fourth-order valence-electron chi connectivity index (χ4n) is 4.35. The number of rotatable bonds is 4. The molecule has 4 nitrogen and oxygen atoms in total. The van der Waals surface area contributed by atoms with E-state index < -0.39 is 0 Å². The van der Waals surface area contributed by atoms with Crippen molar-refractivity contribution in [2.24, 2.45) is 5.41 Å². The quantitative estimate of drug-likeness (QED) is 0.911. The molecular formula is C18H26ClNO3. The average Bonchev–Trinajstić information content (AvgIpc) is 2.87. The van der Waals surface area contributed by atoms with Gasteiger partial charge in [-0.25, -0.2) is 0 Å². The van der Waals surface area contributed by atoms with Crippen molar-refractivity contribution in [3.05, 3.63) is 22.7 Å². The monoisotopic (exact) mass is 339 g/mol. The van der Waals surface area contributed by atoms with Crippen LogP contribution in [0.2, 0.25) is 5.02 Å². The Kier molecular flexibility index (Phi) is 5.04. The van der Waals surface area contributed by atoms with Gasteiger partial charge < -0.3 is 14.6 Å². The van der Waals surface area contributed by atoms with Gasteiger partial charge in [0.25, 0.3) is 0 Å². The largest absolute Gasteiger partial charge is 0.493 e. The van der Waals surface area contributed by atoms with Gasteiger partial charge in [-0.3, -0.25) is 4.90 Å². The first-order chi connectivity index (χ1) is 11.1. The first-order valence-corrected chi connectivity index (χ1v) is 8.76. The van der Waals surface area contributed by atoms with Crippen molar-refractivity contribution in [2.45, 2.75) is 44.8 Å². The van der Waals surface area contributed by atoms with Crippen molar-refractivity contribution in [2.75, 3.05) is 27.3 Å². The summed E-state index contributed by atoms with van der Waals surface area (Å²) < 4.78 is 10.9. The molecule has 128 valence electrons. The highest BCUT2D eigenvalue weighted by molar-refractivity contribution is 6.30. The zero-order valence-electron chi connectivity index (χ0n) is 14.0. The van der Waals surface area contributed by atoms with Crippen LogP contribution in [-0.2, 0) is 6.54 Å². The van der Waals surface area contributed by atoms with E-state index in [1.807, 2.05) is 6.07 Å². The number of methoxy groups -OCH3 is 2. The van der Waals surface area contributed by atoms with E-state index in [-0.39, 0.29) is 11.5 Å². The topological polar surface area (TPSA) is 41.9 Å². The van der Waals surface area contributed by atoms with Crippen LogP contribution in [0.4, 0.5) is 0 Å². The molecule has 1 aromatic rings. The summed E-state index contributed by atoms with van der Waals surface area (Å²) in [6.45, 7) is 2.77. The zero-order valence-corrected chi connectivity index (χ0v) is 14.7. The molecule has 3 rings (SSSR count). The van der Waals surface area contributed by atoms with Crippen LogP contribution in [0.15, 0.2) is 12.1 Å². The number of aliphatic hydroxyl groups excluding tert-OH is 1. The molecule has 5 heteroatoms. The van der Waals surface area contributed by atoms with Crippen LogP contribution in [0.3, 0.4) is 0 Å². The zero-order chi connectivity index (χ0) is 16.4. The van der Waals surface area contributed by atoms with Crippen LogP contribution in [-0.4, -0.2) is 43.4 Å². The highest BCUT2D eigenvalue weighted by atomic mass is 35.5. The smallest absolute Gasteiger partial charge is 0.165 e. The maximum atomic E-state index is 10.4. The Morgan fingerprint density at radius 2 is 2.04 bits per heavy atom. The molecule has 2 atom stereocenters. The summed E-state index contributed by atoms with van der Waals surface area (Å²) in [6.07, 6.45) is 5.35. The first-order valence-electron chi connectivity index (χ1n) is 8.39. The number of ether oxygens (including phenoxy) is 2. The summed E-state index contributed by atoms with van der Waals surface area (Å²) >= 11 is 6.23. The van der Waals surface area contributed by atoms with Crippen LogP contribution < -0.4 is 9.47 Å². The van der Waals surface area contributed by atoms with Gasteiger partial charge in [-0.1, -0.05) is 18.0 Å². The molecule has 1 aromatic carbocycles. The van der Waals surface area contributed by atoms with E-state index in [0.29, 0.717) is 10.8 Å². The van der Waals surface area contributed by atoms with E-state index in [9.17, 15) is 5.11 Å².